The lowest BCUT2D eigenvalue weighted by Crippen LogP contribution is -2.57. The van der Waals surface area contributed by atoms with Gasteiger partial charge in [-0.15, -0.1) is 0 Å². The first kappa shape index (κ1) is 12.8. The zero-order valence-electron chi connectivity index (χ0n) is 10.1. The molecule has 2 nitrogen and oxygen atoms in total. The maximum Gasteiger partial charge on any atom is 0.275 e. The smallest absolute Gasteiger partial charge is 0.275 e. The Balaban J connectivity index is 2.60. The first-order valence-corrected chi connectivity index (χ1v) is 5.59. The Labute approximate surface area is 91.2 Å². The van der Waals surface area contributed by atoms with Crippen LogP contribution in [0.15, 0.2) is 0 Å². The molecule has 1 saturated heterocycles. The average molecular weight is 220 g/mol. The van der Waals surface area contributed by atoms with Gasteiger partial charge in [0.05, 0.1) is 12.6 Å². The van der Waals surface area contributed by atoms with E-state index in [4.69, 9.17) is 0 Å². The molecule has 0 amide bonds. The van der Waals surface area contributed by atoms with Crippen molar-refractivity contribution < 1.29 is 8.78 Å². The van der Waals surface area contributed by atoms with E-state index in [1.807, 2.05) is 11.9 Å². The number of piperidine rings is 1. The van der Waals surface area contributed by atoms with Crippen LogP contribution in [0, 0.1) is 5.92 Å². The lowest BCUT2D eigenvalue weighted by atomic mass is 9.99. The topological polar surface area (TPSA) is 6.48 Å². The fourth-order valence-electron chi connectivity index (χ4n) is 2.34. The Morgan fingerprint density at radius 2 is 2.07 bits per heavy atom. The van der Waals surface area contributed by atoms with Gasteiger partial charge >= 0.3 is 0 Å². The lowest BCUT2D eigenvalue weighted by Gasteiger charge is -2.41. The molecular weight excluding hydrogens is 198 g/mol. The Kier molecular flexibility index (Phi) is 4.06. The first-order chi connectivity index (χ1) is 6.83. The van der Waals surface area contributed by atoms with Crippen LogP contribution in [0.2, 0.25) is 0 Å². The summed E-state index contributed by atoms with van der Waals surface area (Å²) in [6.07, 6.45) is 0.562. The predicted molar refractivity (Wildman–Crippen MR) is 58.3 cm³/mol. The summed E-state index contributed by atoms with van der Waals surface area (Å²) in [5.41, 5.74) is 0. The highest BCUT2D eigenvalue weighted by molar-refractivity contribution is 4.91. The van der Waals surface area contributed by atoms with Crippen LogP contribution in [-0.4, -0.2) is 55.5 Å². The monoisotopic (exact) mass is 220 g/mol. The fourth-order valence-corrected chi connectivity index (χ4v) is 2.34. The van der Waals surface area contributed by atoms with E-state index in [-0.39, 0.29) is 6.54 Å². The molecule has 0 radical (unpaired) electrons. The van der Waals surface area contributed by atoms with Gasteiger partial charge in [-0.05, 0) is 33.0 Å². The zero-order chi connectivity index (χ0) is 11.6. The average Bonchev–Trinajstić information content (AvgIpc) is 1.99. The molecule has 0 N–H and O–H groups in total. The third kappa shape index (κ3) is 3.38. The summed E-state index contributed by atoms with van der Waals surface area (Å²) in [6.45, 7) is 5.51. The third-order valence-electron chi connectivity index (χ3n) is 2.94. The number of likely N-dealkylation sites (tertiary alicyclic amines) is 1. The Hall–Kier alpha value is -0.220. The molecule has 1 fully saturated rings. The molecule has 1 rings (SSSR count). The molecule has 4 heteroatoms. The molecule has 0 bridgehead atoms. The number of halogens is 2. The SMILES string of the molecule is CC(C)CN(C)C1CCN(C)CC1(F)F. The molecule has 1 aliphatic heterocycles. The molecule has 0 aliphatic carbocycles. The quantitative estimate of drug-likeness (QED) is 0.717. The van der Waals surface area contributed by atoms with Crippen molar-refractivity contribution >= 4 is 0 Å². The molecule has 0 aromatic carbocycles. The third-order valence-corrected chi connectivity index (χ3v) is 2.94. The van der Waals surface area contributed by atoms with Crippen LogP contribution in [0.1, 0.15) is 20.3 Å². The maximum atomic E-state index is 13.7. The molecule has 15 heavy (non-hydrogen) atoms. The molecule has 1 aliphatic rings. The van der Waals surface area contributed by atoms with Gasteiger partial charge in [0.2, 0.25) is 0 Å². The van der Waals surface area contributed by atoms with E-state index in [0.717, 1.165) is 13.1 Å². The lowest BCUT2D eigenvalue weighted by molar-refractivity contribution is -0.119. The molecule has 90 valence electrons. The standard InChI is InChI=1S/C11H22F2N2/c1-9(2)7-15(4)10-5-6-14(3)8-11(10,12)13/h9-10H,5-8H2,1-4H3. The summed E-state index contributed by atoms with van der Waals surface area (Å²) >= 11 is 0. The van der Waals surface area contributed by atoms with Gasteiger partial charge in [-0.1, -0.05) is 13.8 Å². The van der Waals surface area contributed by atoms with Crippen molar-refractivity contribution in [3.05, 3.63) is 0 Å². The summed E-state index contributed by atoms with van der Waals surface area (Å²) in [7, 11) is 3.57. The number of hydrogen-bond donors (Lipinski definition) is 0. The van der Waals surface area contributed by atoms with Gasteiger partial charge in [-0.2, -0.15) is 0 Å². The molecule has 1 atom stereocenters. The van der Waals surface area contributed by atoms with Gasteiger partial charge in [0, 0.05) is 6.54 Å². The molecule has 0 saturated carbocycles. The molecule has 0 aromatic rings. The number of rotatable bonds is 3. The van der Waals surface area contributed by atoms with E-state index in [2.05, 4.69) is 13.8 Å². The van der Waals surface area contributed by atoms with Crippen molar-refractivity contribution in [1.82, 2.24) is 9.80 Å². The van der Waals surface area contributed by atoms with Gasteiger partial charge in [0.1, 0.15) is 0 Å². The Bertz CT molecular complexity index is 207. The van der Waals surface area contributed by atoms with Gasteiger partial charge in [-0.3, -0.25) is 4.90 Å². The van der Waals surface area contributed by atoms with Crippen molar-refractivity contribution in [1.29, 1.82) is 0 Å². The summed E-state index contributed by atoms with van der Waals surface area (Å²) in [5, 5.41) is 0. The number of hydrogen-bond acceptors (Lipinski definition) is 2. The predicted octanol–water partition coefficient (Wildman–Crippen LogP) is 1.91. The molecule has 1 heterocycles. The number of nitrogens with zero attached hydrogens (tertiary/aromatic N) is 2. The largest absolute Gasteiger partial charge is 0.300 e. The van der Waals surface area contributed by atoms with Crippen LogP contribution in [-0.2, 0) is 0 Å². The zero-order valence-corrected chi connectivity index (χ0v) is 10.1. The second-order valence-electron chi connectivity index (χ2n) is 5.14. The second-order valence-corrected chi connectivity index (χ2v) is 5.14. The van der Waals surface area contributed by atoms with Crippen LogP contribution in [0.4, 0.5) is 8.78 Å². The minimum atomic E-state index is -2.57. The first-order valence-electron chi connectivity index (χ1n) is 5.59. The highest BCUT2D eigenvalue weighted by Crippen LogP contribution is 2.30. The van der Waals surface area contributed by atoms with Crippen molar-refractivity contribution in [2.24, 2.45) is 5.92 Å². The Morgan fingerprint density at radius 3 is 2.53 bits per heavy atom. The van der Waals surface area contributed by atoms with Gasteiger partial charge < -0.3 is 4.90 Å². The van der Waals surface area contributed by atoms with E-state index in [1.54, 1.807) is 11.9 Å². The van der Waals surface area contributed by atoms with Crippen molar-refractivity contribution in [2.75, 3.05) is 33.7 Å². The summed E-state index contributed by atoms with van der Waals surface area (Å²) in [4.78, 5) is 3.53. The van der Waals surface area contributed by atoms with E-state index in [9.17, 15) is 8.78 Å². The minimum absolute atomic E-state index is 0.111. The van der Waals surface area contributed by atoms with E-state index in [1.165, 1.54) is 0 Å². The van der Waals surface area contributed by atoms with Gasteiger partial charge in [0.25, 0.3) is 5.92 Å². The summed E-state index contributed by atoms with van der Waals surface area (Å²) in [5.74, 6) is -2.14. The van der Waals surface area contributed by atoms with E-state index < -0.39 is 12.0 Å². The van der Waals surface area contributed by atoms with Crippen LogP contribution in [0.3, 0.4) is 0 Å². The van der Waals surface area contributed by atoms with Crippen molar-refractivity contribution in [3.63, 3.8) is 0 Å². The van der Waals surface area contributed by atoms with Crippen molar-refractivity contribution in [2.45, 2.75) is 32.2 Å². The highest BCUT2D eigenvalue weighted by atomic mass is 19.3. The van der Waals surface area contributed by atoms with Crippen LogP contribution in [0.25, 0.3) is 0 Å². The van der Waals surface area contributed by atoms with Gasteiger partial charge in [0.15, 0.2) is 0 Å². The van der Waals surface area contributed by atoms with Crippen LogP contribution in [0.5, 0.6) is 0 Å². The van der Waals surface area contributed by atoms with Gasteiger partial charge in [-0.25, -0.2) is 8.78 Å². The van der Waals surface area contributed by atoms with Crippen molar-refractivity contribution in [3.8, 4) is 0 Å². The Morgan fingerprint density at radius 1 is 1.47 bits per heavy atom. The summed E-state index contributed by atoms with van der Waals surface area (Å²) in [6, 6.07) is -0.587. The molecule has 1 unspecified atom stereocenters. The van der Waals surface area contributed by atoms with E-state index in [0.29, 0.717) is 12.3 Å². The normalized spacial score (nSPS) is 27.6. The molecule has 0 spiro atoms. The fraction of sp³-hybridized carbons (Fsp3) is 1.00. The molecular formula is C11H22F2N2. The number of alkyl halides is 2. The van der Waals surface area contributed by atoms with E-state index >= 15 is 0 Å². The minimum Gasteiger partial charge on any atom is -0.300 e. The second kappa shape index (κ2) is 4.74. The van der Waals surface area contributed by atoms with Crippen LogP contribution < -0.4 is 0 Å². The maximum absolute atomic E-state index is 13.7. The highest BCUT2D eigenvalue weighted by Gasteiger charge is 2.45. The van der Waals surface area contributed by atoms with Crippen LogP contribution >= 0.6 is 0 Å². The molecule has 0 aromatic heterocycles. The summed E-state index contributed by atoms with van der Waals surface area (Å²) < 4.78 is 27.5.